The fraction of sp³-hybridized carbons (Fsp3) is 0.222. The molecule has 0 bridgehead atoms. The monoisotopic (exact) mass is 182 g/mol. The van der Waals surface area contributed by atoms with E-state index in [-0.39, 0.29) is 0 Å². The van der Waals surface area contributed by atoms with E-state index in [1.165, 1.54) is 0 Å². The molecule has 1 aliphatic rings. The van der Waals surface area contributed by atoms with Gasteiger partial charge in [0, 0.05) is 17.2 Å². The van der Waals surface area contributed by atoms with Crippen molar-refractivity contribution < 1.29 is 4.42 Å². The fourth-order valence-corrected chi connectivity index (χ4v) is 1.09. The number of halogens is 1. The Balaban J connectivity index is 2.18. The van der Waals surface area contributed by atoms with Crippen LogP contribution < -0.4 is 5.32 Å². The molecule has 1 heterocycles. The summed E-state index contributed by atoms with van der Waals surface area (Å²) in [6.45, 7) is 1.73. The molecule has 1 N–H and O–H groups in total. The third-order valence-electron chi connectivity index (χ3n) is 1.72. The summed E-state index contributed by atoms with van der Waals surface area (Å²) in [5, 5.41) is 3.84. The Morgan fingerprint density at radius 1 is 1.17 bits per heavy atom. The van der Waals surface area contributed by atoms with Gasteiger partial charge < -0.3 is 0 Å². The van der Waals surface area contributed by atoms with Gasteiger partial charge in [0.05, 0.1) is 0 Å². The van der Waals surface area contributed by atoms with E-state index < -0.39 is 0 Å². The van der Waals surface area contributed by atoms with E-state index in [9.17, 15) is 0 Å². The summed E-state index contributed by atoms with van der Waals surface area (Å²) in [5.41, 5.74) is 0. The van der Waals surface area contributed by atoms with Gasteiger partial charge in [0.15, 0.2) is 0 Å². The molecule has 12 heavy (non-hydrogen) atoms. The van der Waals surface area contributed by atoms with Gasteiger partial charge in [-0.2, -0.15) is 0 Å². The Morgan fingerprint density at radius 3 is 2.33 bits per heavy atom. The minimum absolute atomic E-state index is 0.735. The third-order valence-corrected chi connectivity index (χ3v) is 1.97. The van der Waals surface area contributed by atoms with Gasteiger partial charge >= 0.3 is 11.5 Å². The van der Waals surface area contributed by atoms with Gasteiger partial charge in [-0.15, -0.1) is 0 Å². The van der Waals surface area contributed by atoms with Crippen LogP contribution in [0.25, 0.3) is 0 Å². The Hall–Kier alpha value is -0.860. The van der Waals surface area contributed by atoms with Crippen LogP contribution in [0.4, 0.5) is 0 Å². The molecule has 1 fully saturated rings. The number of nitrogens with one attached hydrogen (secondary N) is 1. The van der Waals surface area contributed by atoms with E-state index in [0.29, 0.717) is 0 Å². The Kier molecular flexibility index (Phi) is 2.11. The van der Waals surface area contributed by atoms with Crippen LogP contribution in [0.1, 0.15) is 0 Å². The maximum absolute atomic E-state index is 5.72. The zero-order valence-electron chi connectivity index (χ0n) is 6.51. The second kappa shape index (κ2) is 3.25. The number of carbonyl (C=O) groups excluding carboxylic acids is 1. The van der Waals surface area contributed by atoms with Gasteiger partial charge in [0.1, 0.15) is 13.1 Å². The van der Waals surface area contributed by atoms with Gasteiger partial charge in [0.25, 0.3) is 0 Å². The second-order valence-electron chi connectivity index (χ2n) is 2.70. The molecular formula is C9H9ClNO+. The highest BCUT2D eigenvalue weighted by molar-refractivity contribution is 6.30. The van der Waals surface area contributed by atoms with Gasteiger partial charge in [-0.05, 0) is 12.1 Å². The summed E-state index contributed by atoms with van der Waals surface area (Å²) >= 11 is 5.72. The molecule has 1 aromatic carbocycles. The largest absolute Gasteiger partial charge is 0.352 e. The lowest BCUT2D eigenvalue weighted by Crippen LogP contribution is -2.43. The average Bonchev–Trinajstić information content (AvgIpc) is 2.00. The molecule has 2 nitrogen and oxygen atoms in total. The van der Waals surface area contributed by atoms with Crippen molar-refractivity contribution in [2.45, 2.75) is 0 Å². The fourth-order valence-electron chi connectivity index (χ4n) is 0.969. The van der Waals surface area contributed by atoms with Crippen LogP contribution in [-0.2, 0) is 4.42 Å². The van der Waals surface area contributed by atoms with Crippen LogP contribution in [0, 0.1) is 0 Å². The highest BCUT2D eigenvalue weighted by Gasteiger charge is 2.21. The Morgan fingerprint density at radius 2 is 1.83 bits per heavy atom. The standard InChI is InChI=1S/C9H9ClNO/c10-7-1-3-8(4-2-7)12-9-5-11-6-9/h1-4,11H,5-6H2/q+1. The zero-order valence-corrected chi connectivity index (χ0v) is 7.27. The maximum Gasteiger partial charge on any atom is 0.352 e. The molecule has 1 saturated heterocycles. The first-order chi connectivity index (χ1) is 5.84. The maximum atomic E-state index is 5.72. The van der Waals surface area contributed by atoms with Crippen molar-refractivity contribution in [3.63, 3.8) is 0 Å². The number of ketones is 1. The summed E-state index contributed by atoms with van der Waals surface area (Å²) in [7, 11) is 0. The molecule has 62 valence electrons. The minimum atomic E-state index is 0.735. The van der Waals surface area contributed by atoms with Crippen LogP contribution >= 0.6 is 11.6 Å². The van der Waals surface area contributed by atoms with Crippen LogP contribution in [0.3, 0.4) is 0 Å². The van der Waals surface area contributed by atoms with E-state index in [0.717, 1.165) is 29.6 Å². The molecular weight excluding hydrogens is 174 g/mol. The molecule has 1 aliphatic heterocycles. The van der Waals surface area contributed by atoms with Crippen molar-refractivity contribution in [2.24, 2.45) is 0 Å². The molecule has 0 saturated carbocycles. The van der Waals surface area contributed by atoms with Gasteiger partial charge in [-0.25, -0.2) is 4.42 Å². The predicted molar refractivity (Wildman–Crippen MR) is 48.8 cm³/mol. The molecule has 0 radical (unpaired) electrons. The van der Waals surface area contributed by atoms with Crippen molar-refractivity contribution in [1.82, 2.24) is 5.32 Å². The van der Waals surface area contributed by atoms with Crippen LogP contribution in [-0.4, -0.2) is 18.9 Å². The number of rotatable bonds is 1. The lowest BCUT2D eigenvalue weighted by Gasteiger charge is -2.05. The lowest BCUT2D eigenvalue weighted by molar-refractivity contribution is -0.370. The molecule has 0 atom stereocenters. The molecule has 3 heteroatoms. The second-order valence-corrected chi connectivity index (χ2v) is 3.13. The van der Waals surface area contributed by atoms with Crippen LogP contribution in [0.5, 0.6) is 5.75 Å². The summed E-state index contributed by atoms with van der Waals surface area (Å²) < 4.78 is 5.50. The van der Waals surface area contributed by atoms with Gasteiger partial charge in [-0.1, -0.05) is 11.6 Å². The quantitative estimate of drug-likeness (QED) is 0.658. The van der Waals surface area contributed by atoms with Crippen molar-refractivity contribution in [1.29, 1.82) is 0 Å². The first-order valence-electron chi connectivity index (χ1n) is 3.83. The predicted octanol–water partition coefficient (Wildman–Crippen LogP) is 1.76. The highest BCUT2D eigenvalue weighted by atomic mass is 35.5. The molecule has 0 unspecified atom stereocenters. The topological polar surface area (TPSA) is 23.3 Å². The first-order valence-corrected chi connectivity index (χ1v) is 4.21. The minimum Gasteiger partial charge on any atom is -0.294 e. The van der Waals surface area contributed by atoms with E-state index in [2.05, 4.69) is 5.32 Å². The van der Waals surface area contributed by atoms with Crippen LogP contribution in [0.15, 0.2) is 24.3 Å². The highest BCUT2D eigenvalue weighted by Crippen LogP contribution is 2.15. The summed E-state index contributed by atoms with van der Waals surface area (Å²) in [5.74, 6) is 1.94. The first kappa shape index (κ1) is 7.77. The van der Waals surface area contributed by atoms with E-state index >= 15 is 0 Å². The number of hydrogen-bond donors (Lipinski definition) is 1. The van der Waals surface area contributed by atoms with Crippen molar-refractivity contribution in [3.05, 3.63) is 29.3 Å². The molecule has 0 amide bonds. The van der Waals surface area contributed by atoms with E-state index in [4.69, 9.17) is 16.0 Å². The Labute approximate surface area is 75.9 Å². The summed E-state index contributed by atoms with van der Waals surface area (Å²) in [6.07, 6.45) is 0. The summed E-state index contributed by atoms with van der Waals surface area (Å²) in [6, 6.07) is 7.38. The normalized spacial score (nSPS) is 15.6. The van der Waals surface area contributed by atoms with Gasteiger partial charge in [0.2, 0.25) is 0 Å². The molecule has 0 spiro atoms. The average molecular weight is 183 g/mol. The summed E-state index contributed by atoms with van der Waals surface area (Å²) in [4.78, 5) is 0. The van der Waals surface area contributed by atoms with Gasteiger partial charge in [-0.3, -0.25) is 5.32 Å². The van der Waals surface area contributed by atoms with Crippen LogP contribution in [0.2, 0.25) is 5.02 Å². The SMILES string of the molecule is Clc1ccc([O+]=C2CNC2)cc1. The number of hydrogen-bond acceptors (Lipinski definition) is 1. The van der Waals surface area contributed by atoms with E-state index in [1.807, 2.05) is 24.3 Å². The van der Waals surface area contributed by atoms with Crippen molar-refractivity contribution in [2.75, 3.05) is 13.1 Å². The van der Waals surface area contributed by atoms with Crippen molar-refractivity contribution in [3.8, 4) is 5.75 Å². The smallest absolute Gasteiger partial charge is 0.294 e. The van der Waals surface area contributed by atoms with Crippen molar-refractivity contribution >= 4 is 17.4 Å². The zero-order chi connectivity index (χ0) is 8.39. The molecule has 0 aromatic heterocycles. The number of benzene rings is 1. The molecule has 2 rings (SSSR count). The third kappa shape index (κ3) is 1.65. The molecule has 1 aromatic rings. The van der Waals surface area contributed by atoms with E-state index in [1.54, 1.807) is 0 Å². The molecule has 0 aliphatic carbocycles. The lowest BCUT2D eigenvalue weighted by atomic mass is 10.3. The Bertz CT molecular complexity index is 299.